The molecule has 19 heavy (non-hydrogen) atoms. The van der Waals surface area contributed by atoms with E-state index in [-0.39, 0.29) is 23.2 Å². The van der Waals surface area contributed by atoms with Crippen LogP contribution in [-0.4, -0.2) is 26.7 Å². The lowest BCUT2D eigenvalue weighted by atomic mass is 10.3. The van der Waals surface area contributed by atoms with E-state index in [2.05, 4.69) is 25.4 Å². The highest BCUT2D eigenvalue weighted by molar-refractivity contribution is 9.10. The maximum Gasteiger partial charge on any atom is 0.306 e. The highest BCUT2D eigenvalue weighted by Gasteiger charge is 2.15. The van der Waals surface area contributed by atoms with Gasteiger partial charge in [0.25, 0.3) is 0 Å². The van der Waals surface area contributed by atoms with Crippen molar-refractivity contribution < 1.29 is 22.3 Å². The zero-order valence-electron chi connectivity index (χ0n) is 10.2. The van der Waals surface area contributed by atoms with Crippen LogP contribution in [-0.2, 0) is 19.6 Å². The maximum atomic E-state index is 12.9. The Bertz CT molecular complexity index is 562. The van der Waals surface area contributed by atoms with E-state index < -0.39 is 27.6 Å². The summed E-state index contributed by atoms with van der Waals surface area (Å²) in [5.41, 5.74) is 0.213. The summed E-state index contributed by atoms with van der Waals surface area (Å²) in [7, 11) is -3.69. The second-order valence-electron chi connectivity index (χ2n) is 3.60. The normalized spacial score (nSPS) is 11.1. The molecule has 0 fully saturated rings. The Balaban J connectivity index is 2.66. The van der Waals surface area contributed by atoms with Gasteiger partial charge in [-0.05, 0) is 41.1 Å². The van der Waals surface area contributed by atoms with Crippen molar-refractivity contribution in [3.05, 3.63) is 28.5 Å². The molecule has 0 aliphatic rings. The summed E-state index contributed by atoms with van der Waals surface area (Å²) in [6, 6.07) is 3.57. The lowest BCUT2D eigenvalue weighted by Crippen LogP contribution is -2.20. The molecule has 0 saturated heterocycles. The monoisotopic (exact) mass is 353 g/mol. The fourth-order valence-electron chi connectivity index (χ4n) is 1.24. The number of carbonyl (C=O) groups is 1. The summed E-state index contributed by atoms with van der Waals surface area (Å²) in [5, 5.41) is 0. The van der Waals surface area contributed by atoms with Crippen LogP contribution in [0.5, 0.6) is 0 Å². The van der Waals surface area contributed by atoms with Crippen molar-refractivity contribution in [2.45, 2.75) is 13.3 Å². The minimum atomic E-state index is -3.69. The van der Waals surface area contributed by atoms with Gasteiger partial charge in [-0.1, -0.05) is 0 Å². The molecular weight excluding hydrogens is 341 g/mol. The molecule has 0 unspecified atom stereocenters. The van der Waals surface area contributed by atoms with Gasteiger partial charge in [0.2, 0.25) is 10.0 Å². The summed E-state index contributed by atoms with van der Waals surface area (Å²) < 4.78 is 43.5. The van der Waals surface area contributed by atoms with E-state index in [1.165, 1.54) is 6.07 Å². The first-order chi connectivity index (χ1) is 8.84. The quantitative estimate of drug-likeness (QED) is 0.796. The first-order valence-electron chi connectivity index (χ1n) is 5.45. The van der Waals surface area contributed by atoms with Gasteiger partial charge in [0.1, 0.15) is 5.82 Å². The molecule has 1 aromatic carbocycles. The summed E-state index contributed by atoms with van der Waals surface area (Å²) in [5.74, 6) is -1.46. The molecule has 8 heteroatoms. The van der Waals surface area contributed by atoms with Gasteiger partial charge in [-0.15, -0.1) is 0 Å². The van der Waals surface area contributed by atoms with Crippen LogP contribution in [0.15, 0.2) is 22.7 Å². The first-order valence-corrected chi connectivity index (χ1v) is 7.89. The number of halogens is 2. The summed E-state index contributed by atoms with van der Waals surface area (Å²) in [6.45, 7) is 1.84. The standard InChI is InChI=1S/C11H13BrFNO4S/c1-2-18-11(15)5-6-19(16,17)14-10-4-3-8(13)7-9(10)12/h3-4,7,14H,2,5-6H2,1H3. The molecule has 106 valence electrons. The minimum absolute atomic E-state index is 0.204. The first kappa shape index (κ1) is 15.9. The zero-order chi connectivity index (χ0) is 14.5. The van der Waals surface area contributed by atoms with E-state index in [0.29, 0.717) is 0 Å². The van der Waals surface area contributed by atoms with E-state index in [4.69, 9.17) is 0 Å². The van der Waals surface area contributed by atoms with Crippen LogP contribution in [0.25, 0.3) is 0 Å². The second kappa shape index (κ2) is 6.85. The number of esters is 1. The van der Waals surface area contributed by atoms with Gasteiger partial charge in [-0.2, -0.15) is 0 Å². The molecule has 0 aromatic heterocycles. The van der Waals surface area contributed by atoms with Crippen molar-refractivity contribution >= 4 is 37.6 Å². The van der Waals surface area contributed by atoms with E-state index in [0.717, 1.165) is 12.1 Å². The highest BCUT2D eigenvalue weighted by atomic mass is 79.9. The molecule has 0 bridgehead atoms. The predicted octanol–water partition coefficient (Wildman–Crippen LogP) is 2.28. The fourth-order valence-corrected chi connectivity index (χ4v) is 2.87. The molecule has 0 aliphatic carbocycles. The van der Waals surface area contributed by atoms with Crippen LogP contribution in [0.1, 0.15) is 13.3 Å². The van der Waals surface area contributed by atoms with Gasteiger partial charge >= 0.3 is 5.97 Å². The number of benzene rings is 1. The van der Waals surface area contributed by atoms with Crippen molar-refractivity contribution in [1.82, 2.24) is 0 Å². The molecule has 0 spiro atoms. The lowest BCUT2D eigenvalue weighted by molar-refractivity contribution is -0.142. The van der Waals surface area contributed by atoms with Crippen molar-refractivity contribution in [2.75, 3.05) is 17.1 Å². The lowest BCUT2D eigenvalue weighted by Gasteiger charge is -2.09. The Morgan fingerprint density at radius 2 is 2.16 bits per heavy atom. The summed E-state index contributed by atoms with van der Waals surface area (Å²) in [4.78, 5) is 11.1. The van der Waals surface area contributed by atoms with Crippen LogP contribution >= 0.6 is 15.9 Å². The van der Waals surface area contributed by atoms with Crippen LogP contribution in [0, 0.1) is 5.82 Å². The molecule has 1 rings (SSSR count). The van der Waals surface area contributed by atoms with Gasteiger partial charge in [-0.25, -0.2) is 12.8 Å². The smallest absolute Gasteiger partial charge is 0.306 e. The zero-order valence-corrected chi connectivity index (χ0v) is 12.6. The molecule has 0 heterocycles. The van der Waals surface area contributed by atoms with Crippen LogP contribution in [0.4, 0.5) is 10.1 Å². The molecule has 1 aromatic rings. The van der Waals surface area contributed by atoms with Gasteiger partial charge in [-0.3, -0.25) is 9.52 Å². The fraction of sp³-hybridized carbons (Fsp3) is 0.364. The third-order valence-corrected chi connectivity index (χ3v) is 4.01. The number of rotatable bonds is 6. The SMILES string of the molecule is CCOC(=O)CCS(=O)(=O)Nc1ccc(F)cc1Br. The van der Waals surface area contributed by atoms with Crippen LogP contribution in [0.2, 0.25) is 0 Å². The Kier molecular flexibility index (Phi) is 5.74. The average molecular weight is 354 g/mol. The number of carbonyl (C=O) groups excluding carboxylic acids is 1. The Hall–Kier alpha value is -1.15. The van der Waals surface area contributed by atoms with E-state index in [9.17, 15) is 17.6 Å². The Morgan fingerprint density at radius 3 is 2.74 bits per heavy atom. The van der Waals surface area contributed by atoms with Crippen molar-refractivity contribution in [1.29, 1.82) is 0 Å². The van der Waals surface area contributed by atoms with Gasteiger partial charge in [0, 0.05) is 4.47 Å². The van der Waals surface area contributed by atoms with Crippen molar-refractivity contribution in [3.8, 4) is 0 Å². The maximum absolute atomic E-state index is 12.9. The number of ether oxygens (including phenoxy) is 1. The van der Waals surface area contributed by atoms with Crippen molar-refractivity contribution in [3.63, 3.8) is 0 Å². The third kappa shape index (κ3) is 5.56. The summed E-state index contributed by atoms with van der Waals surface area (Å²) in [6.07, 6.45) is -0.234. The van der Waals surface area contributed by atoms with Crippen LogP contribution < -0.4 is 4.72 Å². The summed E-state index contributed by atoms with van der Waals surface area (Å²) >= 11 is 3.05. The molecular formula is C11H13BrFNO4S. The van der Waals surface area contributed by atoms with Crippen molar-refractivity contribution in [2.24, 2.45) is 0 Å². The highest BCUT2D eigenvalue weighted by Crippen LogP contribution is 2.24. The van der Waals surface area contributed by atoms with Gasteiger partial charge < -0.3 is 4.74 Å². The van der Waals surface area contributed by atoms with Gasteiger partial charge in [0.15, 0.2) is 0 Å². The molecule has 1 N–H and O–H groups in total. The van der Waals surface area contributed by atoms with Crippen LogP contribution in [0.3, 0.4) is 0 Å². The molecule has 0 saturated carbocycles. The molecule has 0 amide bonds. The number of hydrogen-bond acceptors (Lipinski definition) is 4. The predicted molar refractivity (Wildman–Crippen MR) is 72.8 cm³/mol. The minimum Gasteiger partial charge on any atom is -0.466 e. The van der Waals surface area contributed by atoms with E-state index in [1.807, 2.05) is 0 Å². The molecule has 5 nitrogen and oxygen atoms in total. The Labute approximate surface area is 119 Å². The molecule has 0 radical (unpaired) electrons. The second-order valence-corrected chi connectivity index (χ2v) is 6.30. The Morgan fingerprint density at radius 1 is 1.47 bits per heavy atom. The third-order valence-electron chi connectivity index (χ3n) is 2.08. The molecule has 0 aliphatic heterocycles. The molecule has 0 atom stereocenters. The van der Waals surface area contributed by atoms with Gasteiger partial charge in [0.05, 0.1) is 24.5 Å². The largest absolute Gasteiger partial charge is 0.466 e. The average Bonchev–Trinajstić information content (AvgIpc) is 2.31. The van der Waals surface area contributed by atoms with E-state index >= 15 is 0 Å². The topological polar surface area (TPSA) is 72.5 Å². The number of nitrogens with one attached hydrogen (secondary N) is 1. The number of hydrogen-bond donors (Lipinski definition) is 1. The number of sulfonamides is 1. The van der Waals surface area contributed by atoms with E-state index in [1.54, 1.807) is 6.92 Å². The number of anilines is 1.